The number of carbonyl (C=O) groups excluding carboxylic acids is 1. The Bertz CT molecular complexity index is 1610. The van der Waals surface area contributed by atoms with Crippen molar-refractivity contribution in [2.45, 2.75) is 26.2 Å². The standard InChI is InChI=1S/C28H25BrClFN4O4/c1-3-4-9-25-33-22-11-10-18(29)13-20(22)28(37)35(25)32-15-17-12-19(30)14-24(38-2)27(17)39-16-26(36)34-23-8-6-5-7-21(23)31/h5-8,10-15H,3-4,9,16H2,1-2H3,(H,34,36). The normalized spacial score (nSPS) is 11.2. The fourth-order valence-corrected chi connectivity index (χ4v) is 4.39. The Morgan fingerprint density at radius 3 is 2.77 bits per heavy atom. The summed E-state index contributed by atoms with van der Waals surface area (Å²) in [5, 5.41) is 7.65. The van der Waals surface area contributed by atoms with Crippen LogP contribution < -0.4 is 20.3 Å². The number of unbranched alkanes of at least 4 members (excludes halogenated alkanes) is 1. The van der Waals surface area contributed by atoms with E-state index in [1.807, 2.05) is 13.0 Å². The highest BCUT2D eigenvalue weighted by atomic mass is 79.9. The van der Waals surface area contributed by atoms with Crippen LogP contribution in [0.15, 0.2) is 69.0 Å². The second kappa shape index (κ2) is 12.9. The van der Waals surface area contributed by atoms with Gasteiger partial charge in [0, 0.05) is 27.5 Å². The molecule has 39 heavy (non-hydrogen) atoms. The monoisotopic (exact) mass is 614 g/mol. The van der Waals surface area contributed by atoms with Gasteiger partial charge >= 0.3 is 0 Å². The molecule has 1 amide bonds. The molecule has 0 bridgehead atoms. The smallest absolute Gasteiger partial charge is 0.282 e. The van der Waals surface area contributed by atoms with Gasteiger partial charge in [-0.25, -0.2) is 9.37 Å². The summed E-state index contributed by atoms with van der Waals surface area (Å²) in [6, 6.07) is 14.2. The number of aromatic nitrogens is 2. The molecule has 0 atom stereocenters. The molecule has 1 N–H and O–H groups in total. The summed E-state index contributed by atoms with van der Waals surface area (Å²) in [4.78, 5) is 30.5. The number of hydrogen-bond acceptors (Lipinski definition) is 6. The molecule has 4 aromatic rings. The molecule has 0 saturated heterocycles. The van der Waals surface area contributed by atoms with Crippen molar-refractivity contribution in [3.63, 3.8) is 0 Å². The van der Waals surface area contributed by atoms with Gasteiger partial charge in [-0.05, 0) is 42.8 Å². The van der Waals surface area contributed by atoms with Crippen LogP contribution in [-0.4, -0.2) is 35.5 Å². The van der Waals surface area contributed by atoms with E-state index >= 15 is 0 Å². The number of fused-ring (bicyclic) bond motifs is 1. The number of aryl methyl sites for hydroxylation is 1. The van der Waals surface area contributed by atoms with Gasteiger partial charge in [0.1, 0.15) is 11.6 Å². The number of methoxy groups -OCH3 is 1. The molecular formula is C28H25BrClFN4O4. The molecule has 8 nitrogen and oxygen atoms in total. The molecule has 0 saturated carbocycles. The fourth-order valence-electron chi connectivity index (χ4n) is 3.81. The zero-order valence-electron chi connectivity index (χ0n) is 21.2. The minimum Gasteiger partial charge on any atom is -0.493 e. The number of ether oxygens (including phenoxy) is 2. The number of amides is 1. The maximum atomic E-state index is 13.9. The number of rotatable bonds is 10. The first kappa shape index (κ1) is 28.3. The molecule has 0 fully saturated rings. The lowest BCUT2D eigenvalue weighted by molar-refractivity contribution is -0.118. The Labute approximate surface area is 237 Å². The van der Waals surface area contributed by atoms with Crippen LogP contribution in [0.3, 0.4) is 0 Å². The molecule has 0 aliphatic heterocycles. The molecule has 11 heteroatoms. The highest BCUT2D eigenvalue weighted by Crippen LogP contribution is 2.34. The molecule has 0 spiro atoms. The van der Waals surface area contributed by atoms with E-state index in [1.54, 1.807) is 24.3 Å². The second-order valence-corrected chi connectivity index (χ2v) is 9.85. The van der Waals surface area contributed by atoms with Crippen LogP contribution in [0.1, 0.15) is 31.2 Å². The summed E-state index contributed by atoms with van der Waals surface area (Å²) in [7, 11) is 1.43. The molecule has 1 aromatic heterocycles. The molecular weight excluding hydrogens is 591 g/mol. The number of nitrogens with zero attached hydrogens (tertiary/aromatic N) is 3. The van der Waals surface area contributed by atoms with Crippen molar-refractivity contribution >= 4 is 56.2 Å². The van der Waals surface area contributed by atoms with Gasteiger partial charge < -0.3 is 14.8 Å². The number of carbonyl (C=O) groups is 1. The van der Waals surface area contributed by atoms with E-state index in [0.29, 0.717) is 33.7 Å². The van der Waals surface area contributed by atoms with Crippen LogP contribution in [0.2, 0.25) is 5.02 Å². The third-order valence-corrected chi connectivity index (χ3v) is 6.42. The van der Waals surface area contributed by atoms with E-state index in [-0.39, 0.29) is 22.7 Å². The van der Waals surface area contributed by atoms with Gasteiger partial charge in [0.2, 0.25) is 0 Å². The quantitative estimate of drug-likeness (QED) is 0.214. The Morgan fingerprint density at radius 1 is 1.23 bits per heavy atom. The van der Waals surface area contributed by atoms with Gasteiger partial charge in [0.25, 0.3) is 11.5 Å². The molecule has 0 radical (unpaired) electrons. The van der Waals surface area contributed by atoms with Gasteiger partial charge in [-0.3, -0.25) is 9.59 Å². The lowest BCUT2D eigenvalue weighted by Gasteiger charge is -2.14. The first-order valence-electron chi connectivity index (χ1n) is 12.1. The Balaban J connectivity index is 1.69. The van der Waals surface area contributed by atoms with Gasteiger partial charge in [-0.1, -0.05) is 53.0 Å². The minimum atomic E-state index is -0.581. The van der Waals surface area contributed by atoms with E-state index in [9.17, 15) is 14.0 Å². The van der Waals surface area contributed by atoms with Gasteiger partial charge in [-0.15, -0.1) is 0 Å². The predicted octanol–water partition coefficient (Wildman–Crippen LogP) is 6.20. The molecule has 0 unspecified atom stereocenters. The average molecular weight is 616 g/mol. The maximum absolute atomic E-state index is 13.9. The zero-order chi connectivity index (χ0) is 27.9. The predicted molar refractivity (Wildman–Crippen MR) is 154 cm³/mol. The SMILES string of the molecule is CCCCc1nc2ccc(Br)cc2c(=O)n1N=Cc1cc(Cl)cc(OC)c1OCC(=O)Nc1ccccc1F. The van der Waals surface area contributed by atoms with Crippen molar-refractivity contribution in [3.8, 4) is 11.5 Å². The Kier molecular flexibility index (Phi) is 9.32. The minimum absolute atomic E-state index is 0.0328. The number of nitrogens with one attached hydrogen (secondary N) is 1. The summed E-state index contributed by atoms with van der Waals surface area (Å²) in [5.74, 6) is -0.213. The van der Waals surface area contributed by atoms with Crippen LogP contribution in [0.5, 0.6) is 11.5 Å². The molecule has 202 valence electrons. The number of halogens is 3. The van der Waals surface area contributed by atoms with Crippen LogP contribution in [-0.2, 0) is 11.2 Å². The van der Waals surface area contributed by atoms with Crippen molar-refractivity contribution < 1.29 is 18.7 Å². The topological polar surface area (TPSA) is 94.8 Å². The van der Waals surface area contributed by atoms with Crippen molar-refractivity contribution in [1.82, 2.24) is 9.66 Å². The lowest BCUT2D eigenvalue weighted by atomic mass is 10.2. The number of para-hydroxylation sites is 1. The van der Waals surface area contributed by atoms with Crippen molar-refractivity contribution in [2.75, 3.05) is 19.0 Å². The summed E-state index contributed by atoms with van der Waals surface area (Å²) in [6.45, 7) is 1.61. The van der Waals surface area contributed by atoms with Crippen LogP contribution in [0.25, 0.3) is 10.9 Å². The molecule has 1 heterocycles. The summed E-state index contributed by atoms with van der Waals surface area (Å²) in [6.07, 6.45) is 3.69. The maximum Gasteiger partial charge on any atom is 0.282 e. The van der Waals surface area contributed by atoms with E-state index in [1.165, 1.54) is 42.3 Å². The summed E-state index contributed by atoms with van der Waals surface area (Å²) in [5.41, 5.74) is 0.644. The Hall–Kier alpha value is -3.76. The van der Waals surface area contributed by atoms with Crippen LogP contribution >= 0.6 is 27.5 Å². The molecule has 0 aliphatic rings. The second-order valence-electron chi connectivity index (χ2n) is 8.50. The highest BCUT2D eigenvalue weighted by Gasteiger charge is 2.16. The third kappa shape index (κ3) is 6.82. The molecule has 4 rings (SSSR count). The van der Waals surface area contributed by atoms with Gasteiger partial charge in [0.05, 0.1) is 29.9 Å². The van der Waals surface area contributed by atoms with Crippen LogP contribution in [0, 0.1) is 5.82 Å². The molecule has 0 aliphatic carbocycles. The largest absolute Gasteiger partial charge is 0.493 e. The number of anilines is 1. The van der Waals surface area contributed by atoms with Gasteiger partial charge in [-0.2, -0.15) is 9.78 Å². The van der Waals surface area contributed by atoms with E-state index in [4.69, 9.17) is 21.1 Å². The van der Waals surface area contributed by atoms with Crippen molar-refractivity contribution in [3.05, 3.63) is 91.7 Å². The third-order valence-electron chi connectivity index (χ3n) is 5.71. The van der Waals surface area contributed by atoms with Crippen molar-refractivity contribution in [2.24, 2.45) is 5.10 Å². The average Bonchev–Trinajstić information content (AvgIpc) is 2.92. The van der Waals surface area contributed by atoms with E-state index < -0.39 is 18.3 Å². The van der Waals surface area contributed by atoms with Crippen molar-refractivity contribution in [1.29, 1.82) is 0 Å². The Morgan fingerprint density at radius 2 is 2.03 bits per heavy atom. The van der Waals surface area contributed by atoms with Crippen LogP contribution in [0.4, 0.5) is 10.1 Å². The van der Waals surface area contributed by atoms with Gasteiger partial charge in [0.15, 0.2) is 18.1 Å². The first-order chi connectivity index (χ1) is 18.8. The van der Waals surface area contributed by atoms with E-state index in [2.05, 4.69) is 31.3 Å². The summed E-state index contributed by atoms with van der Waals surface area (Å²) < 4.78 is 27.1. The fraction of sp³-hybridized carbons (Fsp3) is 0.214. The zero-order valence-corrected chi connectivity index (χ0v) is 23.6. The summed E-state index contributed by atoms with van der Waals surface area (Å²) >= 11 is 9.69. The van der Waals surface area contributed by atoms with E-state index in [0.717, 1.165) is 17.3 Å². The molecule has 3 aromatic carbocycles. The highest BCUT2D eigenvalue weighted by molar-refractivity contribution is 9.10. The lowest BCUT2D eigenvalue weighted by Crippen LogP contribution is -2.23. The number of hydrogen-bond donors (Lipinski definition) is 1. The number of benzene rings is 3. The first-order valence-corrected chi connectivity index (χ1v) is 13.3.